The minimum absolute atomic E-state index is 0.444. The number of allylic oxidation sites excluding steroid dienone is 1. The van der Waals surface area contributed by atoms with Crippen molar-refractivity contribution in [2.75, 3.05) is 5.32 Å². The van der Waals surface area contributed by atoms with Crippen molar-refractivity contribution in [3.8, 4) is 0 Å². The summed E-state index contributed by atoms with van der Waals surface area (Å²) in [5.41, 5.74) is 4.12. The average molecular weight is 327 g/mol. The number of benzene rings is 2. The van der Waals surface area contributed by atoms with E-state index in [2.05, 4.69) is 26.2 Å². The van der Waals surface area contributed by atoms with E-state index in [1.54, 1.807) is 6.20 Å². The maximum Gasteiger partial charge on any atom is 0.167 e. The molecule has 1 aliphatic rings. The molecule has 2 aromatic carbocycles. The molecule has 3 rings (SSSR count). The molecule has 0 unspecified atom stereocenters. The van der Waals surface area contributed by atoms with E-state index >= 15 is 0 Å². The van der Waals surface area contributed by atoms with Crippen molar-refractivity contribution in [2.45, 2.75) is 0 Å². The van der Waals surface area contributed by atoms with Gasteiger partial charge in [-0.15, -0.1) is 0 Å². The quantitative estimate of drug-likeness (QED) is 0.854. The highest BCUT2D eigenvalue weighted by molar-refractivity contribution is 9.10. The Hall–Kier alpha value is -2.20. The first kappa shape index (κ1) is 12.8. The summed E-state index contributed by atoms with van der Waals surface area (Å²) < 4.78 is 0.969. The molecule has 20 heavy (non-hydrogen) atoms. The first-order valence-corrected chi connectivity index (χ1v) is 6.93. The average Bonchev–Trinajstić information content (AvgIpc) is 2.67. The molecule has 2 aromatic rings. The van der Waals surface area contributed by atoms with Crippen LogP contribution in [0, 0.1) is 0 Å². The van der Waals surface area contributed by atoms with Crippen LogP contribution in [0.4, 0.5) is 5.69 Å². The topological polar surface area (TPSA) is 41.5 Å². The van der Waals surface area contributed by atoms with Gasteiger partial charge in [0.2, 0.25) is 0 Å². The number of hydrogen-bond acceptors (Lipinski definition) is 3. The fraction of sp³-hybridized carbons (Fsp3) is 0. The van der Waals surface area contributed by atoms with Gasteiger partial charge in [-0.1, -0.05) is 46.3 Å². The minimum atomic E-state index is 0.444. The molecule has 0 saturated heterocycles. The van der Waals surface area contributed by atoms with E-state index in [1.165, 1.54) is 0 Å². The van der Waals surface area contributed by atoms with Gasteiger partial charge in [-0.25, -0.2) is 0 Å². The third kappa shape index (κ3) is 2.42. The van der Waals surface area contributed by atoms with Crippen LogP contribution in [0.3, 0.4) is 0 Å². The molecule has 0 aromatic heterocycles. The van der Waals surface area contributed by atoms with Crippen LogP contribution in [0.1, 0.15) is 11.1 Å². The first-order chi connectivity index (χ1) is 9.78. The van der Waals surface area contributed by atoms with Crippen LogP contribution < -0.4 is 5.32 Å². The fourth-order valence-electron chi connectivity index (χ4n) is 2.10. The van der Waals surface area contributed by atoms with Gasteiger partial charge in [0.25, 0.3) is 0 Å². The third-order valence-corrected chi connectivity index (χ3v) is 3.52. The number of carbonyl (C=O) groups excluding carboxylic acids is 1. The van der Waals surface area contributed by atoms with Crippen LogP contribution in [-0.2, 0) is 4.79 Å². The van der Waals surface area contributed by atoms with Crippen molar-refractivity contribution >= 4 is 33.6 Å². The Morgan fingerprint density at radius 1 is 1.10 bits per heavy atom. The Bertz CT molecular complexity index is 721. The maximum atomic E-state index is 11.0. The monoisotopic (exact) mass is 326 g/mol. The molecule has 4 heteroatoms. The van der Waals surface area contributed by atoms with Crippen molar-refractivity contribution in [1.82, 2.24) is 0 Å². The van der Waals surface area contributed by atoms with Gasteiger partial charge in [-0.2, -0.15) is 0 Å². The lowest BCUT2D eigenvalue weighted by Gasteiger charge is -2.11. The molecule has 1 N–H and O–H groups in total. The highest BCUT2D eigenvalue weighted by atomic mass is 79.9. The maximum absolute atomic E-state index is 11.0. The normalized spacial score (nSPS) is 13.4. The summed E-state index contributed by atoms with van der Waals surface area (Å²) in [5.74, 6) is 0. The van der Waals surface area contributed by atoms with Crippen LogP contribution in [0.15, 0.2) is 69.9 Å². The van der Waals surface area contributed by atoms with Gasteiger partial charge < -0.3 is 5.32 Å². The lowest BCUT2D eigenvalue weighted by molar-refractivity contribution is -0.104. The minimum Gasteiger partial charge on any atom is -0.351 e. The number of carbonyl (C=O) groups is 1. The second kappa shape index (κ2) is 5.43. The third-order valence-electron chi connectivity index (χ3n) is 3.02. The molecule has 0 atom stereocenters. The summed E-state index contributed by atoms with van der Waals surface area (Å²) in [4.78, 5) is 15.5. The van der Waals surface area contributed by atoms with Crippen LogP contribution in [0.2, 0.25) is 0 Å². The molecule has 0 aliphatic carbocycles. The van der Waals surface area contributed by atoms with E-state index in [9.17, 15) is 4.79 Å². The zero-order valence-corrected chi connectivity index (χ0v) is 12.1. The molecule has 3 nitrogen and oxygen atoms in total. The smallest absolute Gasteiger partial charge is 0.167 e. The Morgan fingerprint density at radius 2 is 1.90 bits per heavy atom. The molecule has 0 spiro atoms. The van der Waals surface area contributed by atoms with Crippen LogP contribution in [-0.4, -0.2) is 12.0 Å². The summed E-state index contributed by atoms with van der Waals surface area (Å²) in [6.45, 7) is 0. The Kier molecular flexibility index (Phi) is 3.48. The van der Waals surface area contributed by atoms with Crippen molar-refractivity contribution in [2.24, 2.45) is 4.99 Å². The van der Waals surface area contributed by atoms with Crippen molar-refractivity contribution in [3.05, 3.63) is 76.0 Å². The number of hydrogen-bond donors (Lipinski definition) is 1. The predicted octanol–water partition coefficient (Wildman–Crippen LogP) is 3.75. The van der Waals surface area contributed by atoms with Gasteiger partial charge in [0.1, 0.15) is 0 Å². The van der Waals surface area contributed by atoms with E-state index in [4.69, 9.17) is 0 Å². The van der Waals surface area contributed by atoms with Crippen molar-refractivity contribution in [3.63, 3.8) is 0 Å². The van der Waals surface area contributed by atoms with Crippen LogP contribution in [0.25, 0.3) is 0 Å². The number of rotatable bonds is 2. The van der Waals surface area contributed by atoms with Gasteiger partial charge in [-0.3, -0.25) is 9.79 Å². The molecule has 0 fully saturated rings. The van der Waals surface area contributed by atoms with E-state index in [1.807, 2.05) is 48.5 Å². The van der Waals surface area contributed by atoms with Gasteiger partial charge >= 0.3 is 0 Å². The molecule has 98 valence electrons. The number of nitrogens with zero attached hydrogens (tertiary/aromatic N) is 1. The van der Waals surface area contributed by atoms with E-state index < -0.39 is 0 Å². The molecular formula is C16H11BrN2O. The van der Waals surface area contributed by atoms with Crippen molar-refractivity contribution < 1.29 is 4.79 Å². The number of aldehydes is 1. The number of halogens is 1. The number of nitrogens with one attached hydrogen (secondary N) is 1. The van der Waals surface area contributed by atoms with Crippen LogP contribution >= 0.6 is 15.9 Å². The van der Waals surface area contributed by atoms with Gasteiger partial charge in [-0.05, 0) is 18.2 Å². The van der Waals surface area contributed by atoms with E-state index in [-0.39, 0.29) is 0 Å². The van der Waals surface area contributed by atoms with Crippen molar-refractivity contribution in [1.29, 1.82) is 0 Å². The van der Waals surface area contributed by atoms with E-state index in [0.29, 0.717) is 5.70 Å². The molecule has 1 heterocycles. The molecule has 0 radical (unpaired) electrons. The van der Waals surface area contributed by atoms with Gasteiger partial charge in [0.15, 0.2) is 6.29 Å². The number of fused-ring (bicyclic) bond motifs is 1. The SMILES string of the molecule is O=CC1=CN=C(c2ccccc2)c2cc(Br)ccc2N1. The lowest BCUT2D eigenvalue weighted by atomic mass is 10.0. The Labute approximate surface area is 125 Å². The molecule has 0 bridgehead atoms. The summed E-state index contributed by atoms with van der Waals surface area (Å²) >= 11 is 3.48. The second-order valence-electron chi connectivity index (χ2n) is 4.36. The predicted molar refractivity (Wildman–Crippen MR) is 84.0 cm³/mol. The zero-order chi connectivity index (χ0) is 13.9. The molecule has 0 amide bonds. The van der Waals surface area contributed by atoms with Gasteiger partial charge in [0.05, 0.1) is 17.6 Å². The highest BCUT2D eigenvalue weighted by Gasteiger charge is 2.15. The summed E-state index contributed by atoms with van der Waals surface area (Å²) in [7, 11) is 0. The van der Waals surface area contributed by atoms with E-state index in [0.717, 1.165) is 33.3 Å². The lowest BCUT2D eigenvalue weighted by Crippen LogP contribution is -2.06. The summed E-state index contributed by atoms with van der Waals surface area (Å²) in [6, 6.07) is 15.8. The number of anilines is 1. The molecule has 0 saturated carbocycles. The zero-order valence-electron chi connectivity index (χ0n) is 10.5. The summed E-state index contributed by atoms with van der Waals surface area (Å²) in [5, 5.41) is 3.09. The molecular weight excluding hydrogens is 316 g/mol. The highest BCUT2D eigenvalue weighted by Crippen LogP contribution is 2.27. The second-order valence-corrected chi connectivity index (χ2v) is 5.28. The Balaban J connectivity index is 2.22. The largest absolute Gasteiger partial charge is 0.351 e. The fourth-order valence-corrected chi connectivity index (χ4v) is 2.46. The summed E-state index contributed by atoms with van der Waals surface area (Å²) in [6.07, 6.45) is 2.33. The van der Waals surface area contributed by atoms with Gasteiger partial charge in [0, 0.05) is 21.3 Å². The standard InChI is InChI=1S/C16H11BrN2O/c17-12-6-7-15-14(8-12)16(11-4-2-1-3-5-11)18-9-13(10-20)19-15/h1-10,19H. The first-order valence-electron chi connectivity index (χ1n) is 6.13. The Morgan fingerprint density at radius 3 is 2.65 bits per heavy atom. The molecule has 1 aliphatic heterocycles. The number of aliphatic imine (C=N–C) groups is 1. The van der Waals surface area contributed by atoms with Crippen LogP contribution in [0.5, 0.6) is 0 Å².